The van der Waals surface area contributed by atoms with Crippen LogP contribution >= 0.6 is 11.6 Å². The summed E-state index contributed by atoms with van der Waals surface area (Å²) in [6, 6.07) is 5.06. The summed E-state index contributed by atoms with van der Waals surface area (Å²) >= 11 is 5.75. The first kappa shape index (κ1) is 11.4. The van der Waals surface area contributed by atoms with Crippen molar-refractivity contribution in [3.05, 3.63) is 29.0 Å². The van der Waals surface area contributed by atoms with Crippen molar-refractivity contribution >= 4 is 17.5 Å². The van der Waals surface area contributed by atoms with Crippen molar-refractivity contribution < 1.29 is 9.53 Å². The zero-order chi connectivity index (χ0) is 11.5. The fourth-order valence-corrected chi connectivity index (χ4v) is 1.96. The SMILES string of the molecule is COC1CCN(C(=O)c2cccc(Cl)n2)C1. The molecule has 0 radical (unpaired) electrons. The van der Waals surface area contributed by atoms with Gasteiger partial charge in [0.15, 0.2) is 0 Å². The number of methoxy groups -OCH3 is 1. The third-order valence-corrected chi connectivity index (χ3v) is 2.91. The fourth-order valence-electron chi connectivity index (χ4n) is 1.79. The number of ether oxygens (including phenoxy) is 1. The van der Waals surface area contributed by atoms with E-state index in [4.69, 9.17) is 16.3 Å². The molecule has 1 aromatic rings. The van der Waals surface area contributed by atoms with E-state index in [-0.39, 0.29) is 12.0 Å². The van der Waals surface area contributed by atoms with E-state index in [1.807, 2.05) is 0 Å². The largest absolute Gasteiger partial charge is 0.380 e. The molecule has 0 bridgehead atoms. The number of halogens is 1. The Labute approximate surface area is 99.2 Å². The van der Waals surface area contributed by atoms with Gasteiger partial charge < -0.3 is 9.64 Å². The smallest absolute Gasteiger partial charge is 0.272 e. The van der Waals surface area contributed by atoms with Crippen molar-refractivity contribution in [3.8, 4) is 0 Å². The summed E-state index contributed by atoms with van der Waals surface area (Å²) in [5.74, 6) is -0.0814. The zero-order valence-corrected chi connectivity index (χ0v) is 9.78. The average Bonchev–Trinajstić information content (AvgIpc) is 2.76. The molecule has 0 aromatic carbocycles. The number of carbonyl (C=O) groups excluding carboxylic acids is 1. The summed E-state index contributed by atoms with van der Waals surface area (Å²) in [5, 5.41) is 0.341. The van der Waals surface area contributed by atoms with Gasteiger partial charge in [-0.1, -0.05) is 17.7 Å². The molecule has 1 unspecified atom stereocenters. The Balaban J connectivity index is 2.08. The molecule has 0 spiro atoms. The van der Waals surface area contributed by atoms with E-state index in [2.05, 4.69) is 4.98 Å². The first-order valence-electron chi connectivity index (χ1n) is 5.15. The van der Waals surface area contributed by atoms with E-state index in [0.717, 1.165) is 6.42 Å². The number of aromatic nitrogens is 1. The highest BCUT2D eigenvalue weighted by molar-refractivity contribution is 6.29. The lowest BCUT2D eigenvalue weighted by Gasteiger charge is -2.15. The van der Waals surface area contributed by atoms with Gasteiger partial charge in [-0.25, -0.2) is 4.98 Å². The Bertz CT molecular complexity index is 397. The van der Waals surface area contributed by atoms with Gasteiger partial charge in [0, 0.05) is 20.2 Å². The highest BCUT2D eigenvalue weighted by atomic mass is 35.5. The van der Waals surface area contributed by atoms with Crippen LogP contribution in [0, 0.1) is 0 Å². The van der Waals surface area contributed by atoms with Crippen LogP contribution in [0.5, 0.6) is 0 Å². The predicted octanol–water partition coefficient (Wildman–Crippen LogP) is 1.60. The highest BCUT2D eigenvalue weighted by Gasteiger charge is 2.27. The quantitative estimate of drug-likeness (QED) is 0.738. The third kappa shape index (κ3) is 2.33. The summed E-state index contributed by atoms with van der Waals surface area (Å²) in [6.45, 7) is 1.34. The molecule has 0 saturated carbocycles. The summed E-state index contributed by atoms with van der Waals surface area (Å²) in [7, 11) is 1.66. The summed E-state index contributed by atoms with van der Waals surface area (Å²) in [4.78, 5) is 17.8. The van der Waals surface area contributed by atoms with Crippen LogP contribution in [0.4, 0.5) is 0 Å². The van der Waals surface area contributed by atoms with Gasteiger partial charge in [-0.15, -0.1) is 0 Å². The molecule has 86 valence electrons. The standard InChI is InChI=1S/C11H13ClN2O2/c1-16-8-5-6-14(7-8)11(15)9-3-2-4-10(12)13-9/h2-4,8H,5-7H2,1H3. The van der Waals surface area contributed by atoms with Crippen LogP contribution in [0.1, 0.15) is 16.9 Å². The van der Waals surface area contributed by atoms with Gasteiger partial charge in [0.05, 0.1) is 6.10 Å². The second kappa shape index (κ2) is 4.80. The van der Waals surface area contributed by atoms with E-state index < -0.39 is 0 Å². The summed E-state index contributed by atoms with van der Waals surface area (Å²) < 4.78 is 5.21. The fraction of sp³-hybridized carbons (Fsp3) is 0.455. The number of likely N-dealkylation sites (tertiary alicyclic amines) is 1. The summed E-state index contributed by atoms with van der Waals surface area (Å²) in [6.07, 6.45) is 1.02. The number of hydrogen-bond acceptors (Lipinski definition) is 3. The maximum atomic E-state index is 12.0. The maximum Gasteiger partial charge on any atom is 0.272 e. The molecule has 0 N–H and O–H groups in total. The Morgan fingerprint density at radius 2 is 2.44 bits per heavy atom. The second-order valence-electron chi connectivity index (χ2n) is 3.74. The molecule has 1 aliphatic heterocycles. The lowest BCUT2D eigenvalue weighted by Crippen LogP contribution is -2.30. The van der Waals surface area contributed by atoms with Crippen LogP contribution < -0.4 is 0 Å². The Morgan fingerprint density at radius 3 is 3.06 bits per heavy atom. The molecule has 1 saturated heterocycles. The van der Waals surface area contributed by atoms with Gasteiger partial charge in [0.1, 0.15) is 10.8 Å². The van der Waals surface area contributed by atoms with E-state index >= 15 is 0 Å². The molecule has 16 heavy (non-hydrogen) atoms. The molecule has 1 atom stereocenters. The van der Waals surface area contributed by atoms with Crippen molar-refractivity contribution in [1.29, 1.82) is 0 Å². The molecular formula is C11H13ClN2O2. The van der Waals surface area contributed by atoms with Gasteiger partial charge in [0.2, 0.25) is 0 Å². The summed E-state index contributed by atoms with van der Waals surface area (Å²) in [5.41, 5.74) is 0.393. The van der Waals surface area contributed by atoms with Gasteiger partial charge in [0.25, 0.3) is 5.91 Å². The number of amides is 1. The molecule has 1 amide bonds. The van der Waals surface area contributed by atoms with Crippen molar-refractivity contribution in [3.63, 3.8) is 0 Å². The molecule has 1 aromatic heterocycles. The van der Waals surface area contributed by atoms with Crippen molar-refractivity contribution in [1.82, 2.24) is 9.88 Å². The predicted molar refractivity (Wildman–Crippen MR) is 60.6 cm³/mol. The Hall–Kier alpha value is -1.13. The maximum absolute atomic E-state index is 12.0. The van der Waals surface area contributed by atoms with Crippen LogP contribution in [0.25, 0.3) is 0 Å². The Kier molecular flexibility index (Phi) is 3.41. The van der Waals surface area contributed by atoms with E-state index in [1.54, 1.807) is 30.2 Å². The lowest BCUT2D eigenvalue weighted by atomic mass is 10.3. The normalized spacial score (nSPS) is 20.1. The molecular weight excluding hydrogens is 228 g/mol. The van der Waals surface area contributed by atoms with Gasteiger partial charge in [-0.3, -0.25) is 4.79 Å². The molecule has 2 rings (SSSR count). The molecule has 5 heteroatoms. The van der Waals surface area contributed by atoms with E-state index in [1.165, 1.54) is 0 Å². The minimum Gasteiger partial charge on any atom is -0.380 e. The van der Waals surface area contributed by atoms with Crippen LogP contribution in [-0.2, 0) is 4.74 Å². The topological polar surface area (TPSA) is 42.4 Å². The Morgan fingerprint density at radius 1 is 1.62 bits per heavy atom. The number of pyridine rings is 1. The van der Waals surface area contributed by atoms with E-state index in [0.29, 0.717) is 23.9 Å². The van der Waals surface area contributed by atoms with Crippen LogP contribution in [0.2, 0.25) is 5.15 Å². The van der Waals surface area contributed by atoms with Crippen molar-refractivity contribution in [2.45, 2.75) is 12.5 Å². The van der Waals surface area contributed by atoms with Gasteiger partial charge in [-0.2, -0.15) is 0 Å². The van der Waals surface area contributed by atoms with Crippen LogP contribution in [0.15, 0.2) is 18.2 Å². The van der Waals surface area contributed by atoms with Gasteiger partial charge in [-0.05, 0) is 18.6 Å². The highest BCUT2D eigenvalue weighted by Crippen LogP contribution is 2.15. The van der Waals surface area contributed by atoms with Gasteiger partial charge >= 0.3 is 0 Å². The first-order chi connectivity index (χ1) is 7.70. The monoisotopic (exact) mass is 240 g/mol. The minimum absolute atomic E-state index is 0.0814. The average molecular weight is 241 g/mol. The number of rotatable bonds is 2. The molecule has 1 aliphatic rings. The number of hydrogen-bond donors (Lipinski definition) is 0. The van der Waals surface area contributed by atoms with E-state index in [9.17, 15) is 4.79 Å². The first-order valence-corrected chi connectivity index (χ1v) is 5.53. The zero-order valence-electron chi connectivity index (χ0n) is 9.02. The molecule has 4 nitrogen and oxygen atoms in total. The lowest BCUT2D eigenvalue weighted by molar-refractivity contribution is 0.0719. The van der Waals surface area contributed by atoms with Crippen LogP contribution in [0.3, 0.4) is 0 Å². The van der Waals surface area contributed by atoms with Crippen molar-refractivity contribution in [2.24, 2.45) is 0 Å². The second-order valence-corrected chi connectivity index (χ2v) is 4.13. The molecule has 2 heterocycles. The van der Waals surface area contributed by atoms with Crippen molar-refractivity contribution in [2.75, 3.05) is 20.2 Å². The number of nitrogens with zero attached hydrogens (tertiary/aromatic N) is 2. The molecule has 0 aliphatic carbocycles. The van der Waals surface area contributed by atoms with Crippen LogP contribution in [-0.4, -0.2) is 42.1 Å². The number of carbonyl (C=O) groups is 1. The third-order valence-electron chi connectivity index (χ3n) is 2.70. The minimum atomic E-state index is -0.0814. The molecule has 1 fully saturated rings.